The van der Waals surface area contributed by atoms with E-state index in [1.807, 2.05) is 0 Å². The minimum Gasteiger partial charge on any atom is -0.497 e. The Morgan fingerprint density at radius 2 is 2.05 bits per heavy atom. The number of carbonyl (C=O) groups excluding carboxylic acids is 1. The molecule has 0 saturated heterocycles. The van der Waals surface area contributed by atoms with Gasteiger partial charge in [-0.1, -0.05) is 11.6 Å². The average molecular weight is 350 g/mol. The van der Waals surface area contributed by atoms with E-state index in [2.05, 4.69) is 15.4 Å². The molecule has 0 aliphatic heterocycles. The summed E-state index contributed by atoms with van der Waals surface area (Å²) in [5, 5.41) is 5.59. The molecule has 124 valence electrons. The lowest BCUT2D eigenvalue weighted by Gasteiger charge is -2.10. The van der Waals surface area contributed by atoms with Crippen molar-refractivity contribution in [1.82, 2.24) is 10.0 Å². The Kier molecular flexibility index (Phi) is 7.43. The summed E-state index contributed by atoms with van der Waals surface area (Å²) in [5.41, 5.74) is 0.464. The molecule has 1 aromatic rings. The Morgan fingerprint density at radius 1 is 1.32 bits per heavy atom. The first kappa shape index (κ1) is 18.5. The quantitative estimate of drug-likeness (QED) is 0.623. The number of methoxy groups -OCH3 is 1. The van der Waals surface area contributed by atoms with E-state index < -0.39 is 16.1 Å². The number of halogens is 1. The fraction of sp³-hybridized carbons (Fsp3) is 0.462. The van der Waals surface area contributed by atoms with Crippen molar-refractivity contribution in [3.8, 4) is 5.75 Å². The van der Waals surface area contributed by atoms with Crippen LogP contribution in [0.25, 0.3) is 0 Å². The van der Waals surface area contributed by atoms with Gasteiger partial charge in [-0.25, -0.2) is 17.9 Å². The molecule has 0 heterocycles. The summed E-state index contributed by atoms with van der Waals surface area (Å²) in [7, 11) is -1.66. The molecule has 0 radical (unpaired) electrons. The van der Waals surface area contributed by atoms with Crippen LogP contribution in [0.1, 0.15) is 13.3 Å². The number of urea groups is 1. The third-order valence-electron chi connectivity index (χ3n) is 2.77. The maximum Gasteiger partial charge on any atom is 0.319 e. The lowest BCUT2D eigenvalue weighted by atomic mass is 10.3. The van der Waals surface area contributed by atoms with Gasteiger partial charge in [0.15, 0.2) is 0 Å². The summed E-state index contributed by atoms with van der Waals surface area (Å²) < 4.78 is 29.8. The first-order valence-corrected chi connectivity index (χ1v) is 8.76. The highest BCUT2D eigenvalue weighted by atomic mass is 35.5. The molecule has 0 atom stereocenters. The number of nitrogens with one attached hydrogen (secondary N) is 3. The highest BCUT2D eigenvalue weighted by molar-refractivity contribution is 7.89. The molecule has 0 fully saturated rings. The third-order valence-corrected chi connectivity index (χ3v) is 4.48. The summed E-state index contributed by atoms with van der Waals surface area (Å²) >= 11 is 6.00. The van der Waals surface area contributed by atoms with Crippen molar-refractivity contribution in [2.45, 2.75) is 13.3 Å². The summed E-state index contributed by atoms with van der Waals surface area (Å²) in [5.74, 6) is 0.635. The molecule has 0 aliphatic rings. The highest BCUT2D eigenvalue weighted by Gasteiger charge is 2.07. The molecule has 3 N–H and O–H groups in total. The number of carbonyl (C=O) groups is 1. The number of ether oxygens (including phenoxy) is 1. The predicted molar refractivity (Wildman–Crippen MR) is 87.1 cm³/mol. The number of amides is 2. The molecule has 7 nitrogen and oxygen atoms in total. The minimum atomic E-state index is -3.19. The largest absolute Gasteiger partial charge is 0.497 e. The summed E-state index contributed by atoms with van der Waals surface area (Å²) in [6, 6.07) is 4.50. The van der Waals surface area contributed by atoms with E-state index in [0.29, 0.717) is 29.4 Å². The number of benzene rings is 1. The van der Waals surface area contributed by atoms with E-state index in [1.165, 1.54) is 7.11 Å². The zero-order valence-electron chi connectivity index (χ0n) is 12.5. The maximum absolute atomic E-state index is 11.7. The molecule has 0 unspecified atom stereocenters. The van der Waals surface area contributed by atoms with Gasteiger partial charge in [0.1, 0.15) is 5.75 Å². The molecule has 1 aromatic carbocycles. The van der Waals surface area contributed by atoms with Crippen LogP contribution in [0, 0.1) is 0 Å². The number of anilines is 1. The second-order valence-corrected chi connectivity index (χ2v) is 6.88. The standard InChI is InChI=1S/C13H20ClN3O4S/c1-3-22(19,20)16-8-4-7-15-13(18)17-12-6-5-10(21-2)9-11(12)14/h5-6,9,16H,3-4,7-8H2,1-2H3,(H2,15,17,18). The number of hydrogen-bond acceptors (Lipinski definition) is 4. The van der Waals surface area contributed by atoms with Gasteiger partial charge >= 0.3 is 6.03 Å². The first-order valence-electron chi connectivity index (χ1n) is 6.73. The topological polar surface area (TPSA) is 96.5 Å². The molecular formula is C13H20ClN3O4S. The maximum atomic E-state index is 11.7. The van der Waals surface area contributed by atoms with E-state index in [-0.39, 0.29) is 12.3 Å². The summed E-state index contributed by atoms with van der Waals surface area (Å²) in [6.07, 6.45) is 0.489. The fourth-order valence-electron chi connectivity index (χ4n) is 1.51. The summed E-state index contributed by atoms with van der Waals surface area (Å²) in [4.78, 5) is 11.7. The SMILES string of the molecule is CCS(=O)(=O)NCCCNC(=O)Nc1ccc(OC)cc1Cl. The molecule has 0 saturated carbocycles. The van der Waals surface area contributed by atoms with Crippen LogP contribution in [0.4, 0.5) is 10.5 Å². The molecule has 9 heteroatoms. The van der Waals surface area contributed by atoms with Gasteiger partial charge in [0.25, 0.3) is 0 Å². The van der Waals surface area contributed by atoms with Crippen molar-refractivity contribution in [2.75, 3.05) is 31.3 Å². The fourth-order valence-corrected chi connectivity index (χ4v) is 2.39. The zero-order chi connectivity index (χ0) is 16.6. The van der Waals surface area contributed by atoms with Gasteiger partial charge in [-0.15, -0.1) is 0 Å². The van der Waals surface area contributed by atoms with Crippen LogP contribution in [-0.2, 0) is 10.0 Å². The molecular weight excluding hydrogens is 330 g/mol. The summed E-state index contributed by atoms with van der Waals surface area (Å²) in [6.45, 7) is 2.18. The Balaban J connectivity index is 2.32. The van der Waals surface area contributed by atoms with Crippen LogP contribution in [0.3, 0.4) is 0 Å². The Bertz CT molecular complexity index is 607. The van der Waals surface area contributed by atoms with Crippen molar-refractivity contribution in [1.29, 1.82) is 0 Å². The lowest BCUT2D eigenvalue weighted by molar-refractivity contribution is 0.252. The van der Waals surface area contributed by atoms with Crippen molar-refractivity contribution in [2.24, 2.45) is 0 Å². The van der Waals surface area contributed by atoms with Gasteiger partial charge in [0.05, 0.1) is 23.6 Å². The van der Waals surface area contributed by atoms with Gasteiger partial charge in [-0.2, -0.15) is 0 Å². The smallest absolute Gasteiger partial charge is 0.319 e. The second kappa shape index (κ2) is 8.82. The van der Waals surface area contributed by atoms with E-state index in [1.54, 1.807) is 25.1 Å². The molecule has 0 spiro atoms. The molecule has 2 amide bonds. The van der Waals surface area contributed by atoms with Gasteiger partial charge in [0.2, 0.25) is 10.0 Å². The van der Waals surface area contributed by atoms with Crippen LogP contribution in [0.2, 0.25) is 5.02 Å². The molecule has 0 bridgehead atoms. The van der Waals surface area contributed by atoms with Crippen LogP contribution >= 0.6 is 11.6 Å². The third kappa shape index (κ3) is 6.50. The Morgan fingerprint density at radius 3 is 2.64 bits per heavy atom. The monoisotopic (exact) mass is 349 g/mol. The van der Waals surface area contributed by atoms with E-state index >= 15 is 0 Å². The first-order chi connectivity index (χ1) is 10.4. The Labute approximate surface area is 135 Å². The van der Waals surface area contributed by atoms with Gasteiger partial charge in [-0.3, -0.25) is 0 Å². The second-order valence-electron chi connectivity index (χ2n) is 4.38. The average Bonchev–Trinajstić information content (AvgIpc) is 2.48. The zero-order valence-corrected chi connectivity index (χ0v) is 14.1. The van der Waals surface area contributed by atoms with Gasteiger partial charge in [-0.05, 0) is 25.5 Å². The van der Waals surface area contributed by atoms with Gasteiger partial charge in [0, 0.05) is 19.2 Å². The minimum absolute atomic E-state index is 0.0386. The van der Waals surface area contributed by atoms with Crippen LogP contribution in [0.5, 0.6) is 5.75 Å². The van der Waals surface area contributed by atoms with Crippen LogP contribution in [0.15, 0.2) is 18.2 Å². The van der Waals surface area contributed by atoms with Crippen molar-refractivity contribution >= 4 is 33.3 Å². The van der Waals surface area contributed by atoms with Crippen LogP contribution < -0.4 is 20.1 Å². The van der Waals surface area contributed by atoms with Crippen molar-refractivity contribution in [3.05, 3.63) is 23.2 Å². The normalized spacial score (nSPS) is 11.0. The Hall–Kier alpha value is -1.51. The molecule has 1 rings (SSSR count). The van der Waals surface area contributed by atoms with E-state index in [4.69, 9.17) is 16.3 Å². The number of hydrogen-bond donors (Lipinski definition) is 3. The number of sulfonamides is 1. The van der Waals surface area contributed by atoms with Crippen molar-refractivity contribution in [3.63, 3.8) is 0 Å². The van der Waals surface area contributed by atoms with E-state index in [0.717, 1.165) is 0 Å². The molecule has 22 heavy (non-hydrogen) atoms. The van der Waals surface area contributed by atoms with Crippen LogP contribution in [-0.4, -0.2) is 40.4 Å². The molecule has 0 aromatic heterocycles. The highest BCUT2D eigenvalue weighted by Crippen LogP contribution is 2.26. The van der Waals surface area contributed by atoms with Crippen molar-refractivity contribution < 1.29 is 17.9 Å². The van der Waals surface area contributed by atoms with E-state index in [9.17, 15) is 13.2 Å². The predicted octanol–water partition coefficient (Wildman–Crippen LogP) is 1.80. The number of rotatable bonds is 8. The lowest BCUT2D eigenvalue weighted by Crippen LogP contribution is -2.33. The molecule has 0 aliphatic carbocycles. The van der Waals surface area contributed by atoms with Gasteiger partial charge < -0.3 is 15.4 Å².